The van der Waals surface area contributed by atoms with Crippen LogP contribution in [0.2, 0.25) is 0 Å². The predicted octanol–water partition coefficient (Wildman–Crippen LogP) is 2.82. The van der Waals surface area contributed by atoms with Crippen LogP contribution >= 0.6 is 0 Å². The number of para-hydroxylation sites is 1. The van der Waals surface area contributed by atoms with Gasteiger partial charge in [-0.2, -0.15) is 4.98 Å². The van der Waals surface area contributed by atoms with Gasteiger partial charge in [0, 0.05) is 24.8 Å². The summed E-state index contributed by atoms with van der Waals surface area (Å²) in [5, 5.41) is 3.91. The van der Waals surface area contributed by atoms with Crippen molar-refractivity contribution >= 4 is 11.6 Å². The Morgan fingerprint density at radius 2 is 2.12 bits per heavy atom. The zero-order chi connectivity index (χ0) is 16.7. The fourth-order valence-electron chi connectivity index (χ4n) is 3.30. The van der Waals surface area contributed by atoms with E-state index in [0.717, 1.165) is 12.1 Å². The third kappa shape index (κ3) is 2.40. The lowest BCUT2D eigenvalue weighted by atomic mass is 10.1. The normalized spacial score (nSPS) is 16.4. The monoisotopic (exact) mass is 322 g/mol. The van der Waals surface area contributed by atoms with Crippen molar-refractivity contribution in [3.8, 4) is 0 Å². The summed E-state index contributed by atoms with van der Waals surface area (Å²) in [6.45, 7) is 4.24. The van der Waals surface area contributed by atoms with Crippen LogP contribution in [0.4, 0.5) is 5.69 Å². The van der Waals surface area contributed by atoms with Crippen LogP contribution in [-0.4, -0.2) is 26.7 Å². The second-order valence-electron chi connectivity index (χ2n) is 6.11. The van der Waals surface area contributed by atoms with Gasteiger partial charge in [0.05, 0.1) is 6.54 Å². The summed E-state index contributed by atoms with van der Waals surface area (Å²) < 4.78 is 6.87. The van der Waals surface area contributed by atoms with Crippen molar-refractivity contribution in [3.63, 3.8) is 0 Å². The van der Waals surface area contributed by atoms with Crippen molar-refractivity contribution in [2.45, 2.75) is 32.9 Å². The molecule has 0 fully saturated rings. The first kappa shape index (κ1) is 14.7. The number of hydrogen-bond acceptors (Lipinski definition) is 4. The maximum Gasteiger partial charge on any atom is 0.275 e. The number of hydrogen-bond donors (Lipinski definition) is 0. The van der Waals surface area contributed by atoms with Gasteiger partial charge in [0.25, 0.3) is 5.91 Å². The molecule has 4 rings (SSSR count). The first-order chi connectivity index (χ1) is 11.6. The van der Waals surface area contributed by atoms with E-state index in [1.165, 1.54) is 5.56 Å². The number of benzene rings is 1. The third-order valence-corrected chi connectivity index (χ3v) is 4.36. The van der Waals surface area contributed by atoms with Gasteiger partial charge >= 0.3 is 0 Å². The second-order valence-corrected chi connectivity index (χ2v) is 6.11. The summed E-state index contributed by atoms with van der Waals surface area (Å²) in [5.74, 6) is 1.08. The molecule has 2 aromatic heterocycles. The molecule has 1 atom stereocenters. The highest BCUT2D eigenvalue weighted by molar-refractivity contribution is 6.06. The van der Waals surface area contributed by atoms with E-state index in [2.05, 4.69) is 23.1 Å². The van der Waals surface area contributed by atoms with E-state index in [4.69, 9.17) is 4.52 Å². The molecule has 0 bridgehead atoms. The molecule has 0 radical (unpaired) electrons. The van der Waals surface area contributed by atoms with Crippen LogP contribution in [0.25, 0.3) is 0 Å². The molecule has 1 unspecified atom stereocenters. The van der Waals surface area contributed by atoms with E-state index in [1.807, 2.05) is 46.0 Å². The lowest BCUT2D eigenvalue weighted by Gasteiger charge is -2.23. The molecular weight excluding hydrogens is 304 g/mol. The molecule has 0 N–H and O–H groups in total. The van der Waals surface area contributed by atoms with Crippen molar-refractivity contribution in [1.29, 1.82) is 0 Å². The molecule has 0 saturated carbocycles. The number of aromatic nitrogens is 3. The first-order valence-corrected chi connectivity index (χ1v) is 7.99. The van der Waals surface area contributed by atoms with E-state index in [1.54, 1.807) is 6.92 Å². The highest BCUT2D eigenvalue weighted by Crippen LogP contribution is 2.33. The molecule has 1 aliphatic heterocycles. The Hall–Kier alpha value is -2.89. The number of carbonyl (C=O) groups excluding carboxylic acids is 1. The molecular formula is C18H18N4O2. The van der Waals surface area contributed by atoms with Gasteiger partial charge in [-0.05, 0) is 37.1 Å². The smallest absolute Gasteiger partial charge is 0.275 e. The van der Waals surface area contributed by atoms with Crippen molar-refractivity contribution in [3.05, 3.63) is 65.6 Å². The Kier molecular flexibility index (Phi) is 3.45. The van der Waals surface area contributed by atoms with Crippen LogP contribution < -0.4 is 4.90 Å². The van der Waals surface area contributed by atoms with Gasteiger partial charge in [-0.1, -0.05) is 23.4 Å². The fraction of sp³-hybridized carbons (Fsp3) is 0.278. The second kappa shape index (κ2) is 5.63. The summed E-state index contributed by atoms with van der Waals surface area (Å²) >= 11 is 0. The molecule has 0 spiro atoms. The number of nitrogens with zero attached hydrogens (tertiary/aromatic N) is 4. The topological polar surface area (TPSA) is 64.2 Å². The summed E-state index contributed by atoms with van der Waals surface area (Å²) in [6.07, 6.45) is 2.75. The Labute approximate surface area is 139 Å². The highest BCUT2D eigenvalue weighted by atomic mass is 16.5. The summed E-state index contributed by atoms with van der Waals surface area (Å²) in [6, 6.07) is 11.9. The lowest BCUT2D eigenvalue weighted by molar-refractivity contribution is 0.0973. The highest BCUT2D eigenvalue weighted by Gasteiger charge is 2.32. The molecule has 1 aliphatic rings. The zero-order valence-electron chi connectivity index (χ0n) is 13.6. The third-order valence-electron chi connectivity index (χ3n) is 4.36. The maximum atomic E-state index is 13.1. The lowest BCUT2D eigenvalue weighted by Crippen LogP contribution is -2.37. The minimum absolute atomic E-state index is 0.00216. The Morgan fingerprint density at radius 3 is 2.92 bits per heavy atom. The molecule has 6 heteroatoms. The molecule has 1 amide bonds. The van der Waals surface area contributed by atoms with E-state index < -0.39 is 0 Å². The fourth-order valence-corrected chi connectivity index (χ4v) is 3.30. The molecule has 1 aromatic carbocycles. The van der Waals surface area contributed by atoms with Crippen LogP contribution in [0.1, 0.15) is 34.7 Å². The number of fused-ring (bicyclic) bond motifs is 1. The van der Waals surface area contributed by atoms with E-state index in [0.29, 0.717) is 24.0 Å². The molecule has 0 saturated heterocycles. The Balaban J connectivity index is 1.65. The van der Waals surface area contributed by atoms with Gasteiger partial charge in [0.1, 0.15) is 5.69 Å². The van der Waals surface area contributed by atoms with Crippen molar-refractivity contribution in [2.75, 3.05) is 4.90 Å². The predicted molar refractivity (Wildman–Crippen MR) is 89.0 cm³/mol. The average Bonchev–Trinajstić information content (AvgIpc) is 3.25. The van der Waals surface area contributed by atoms with Gasteiger partial charge in [-0.3, -0.25) is 4.79 Å². The summed E-state index contributed by atoms with van der Waals surface area (Å²) in [5.41, 5.74) is 2.84. The van der Waals surface area contributed by atoms with Crippen LogP contribution in [0.15, 0.2) is 47.1 Å². The van der Waals surface area contributed by atoms with Crippen LogP contribution in [0, 0.1) is 6.92 Å². The van der Waals surface area contributed by atoms with Gasteiger partial charge in [-0.15, -0.1) is 0 Å². The van der Waals surface area contributed by atoms with Crippen molar-refractivity contribution in [1.82, 2.24) is 14.7 Å². The maximum absolute atomic E-state index is 13.1. The van der Waals surface area contributed by atoms with Gasteiger partial charge in [-0.25, -0.2) is 0 Å². The number of carbonyl (C=O) groups is 1. The van der Waals surface area contributed by atoms with Crippen molar-refractivity contribution in [2.24, 2.45) is 0 Å². The van der Waals surface area contributed by atoms with Gasteiger partial charge in [0.2, 0.25) is 5.89 Å². The largest absolute Gasteiger partial charge is 0.340 e. The first-order valence-electron chi connectivity index (χ1n) is 7.99. The number of amides is 1. The number of anilines is 1. The van der Waals surface area contributed by atoms with Gasteiger partial charge in [0.15, 0.2) is 5.82 Å². The molecule has 6 nitrogen and oxygen atoms in total. The molecule has 3 aromatic rings. The van der Waals surface area contributed by atoms with Crippen LogP contribution in [0.5, 0.6) is 0 Å². The standard InChI is InChI=1S/C18H18N4O2/c1-12-10-14-6-3-4-7-15(14)22(12)18(23)16-8-5-9-21(16)11-17-19-13(2)24-20-17/h3-9,12H,10-11H2,1-2H3. The molecule has 122 valence electrons. The van der Waals surface area contributed by atoms with Crippen LogP contribution in [-0.2, 0) is 13.0 Å². The van der Waals surface area contributed by atoms with Crippen molar-refractivity contribution < 1.29 is 9.32 Å². The minimum Gasteiger partial charge on any atom is -0.340 e. The molecule has 0 aliphatic carbocycles. The van der Waals surface area contributed by atoms with E-state index in [-0.39, 0.29) is 11.9 Å². The average molecular weight is 322 g/mol. The number of rotatable bonds is 3. The van der Waals surface area contributed by atoms with E-state index >= 15 is 0 Å². The molecule has 3 heterocycles. The Bertz CT molecular complexity index is 896. The minimum atomic E-state index is -0.00216. The summed E-state index contributed by atoms with van der Waals surface area (Å²) in [7, 11) is 0. The molecule has 24 heavy (non-hydrogen) atoms. The SMILES string of the molecule is Cc1nc(Cn2cccc2C(=O)N2c3ccccc3CC2C)no1. The zero-order valence-corrected chi connectivity index (χ0v) is 13.6. The Morgan fingerprint density at radius 1 is 1.29 bits per heavy atom. The van der Waals surface area contributed by atoms with Gasteiger partial charge < -0.3 is 14.0 Å². The number of aryl methyl sites for hydroxylation is 1. The van der Waals surface area contributed by atoms with Crippen LogP contribution in [0.3, 0.4) is 0 Å². The quantitative estimate of drug-likeness (QED) is 0.744. The summed E-state index contributed by atoms with van der Waals surface area (Å²) in [4.78, 5) is 19.2. The van der Waals surface area contributed by atoms with E-state index in [9.17, 15) is 4.79 Å².